The molecule has 3 nitrogen and oxygen atoms in total. The zero-order valence-corrected chi connectivity index (χ0v) is 12.1. The molecule has 0 amide bonds. The smallest absolute Gasteiger partial charge is 0.149 e. The van der Waals surface area contributed by atoms with Crippen LogP contribution in [-0.2, 0) is 13.1 Å². The van der Waals surface area contributed by atoms with E-state index in [0.717, 1.165) is 5.56 Å². The second kappa shape index (κ2) is 6.54. The molecule has 0 aliphatic heterocycles. The fourth-order valence-electron chi connectivity index (χ4n) is 2.27. The van der Waals surface area contributed by atoms with Gasteiger partial charge in [-0.3, -0.25) is 0 Å². The molecule has 0 saturated heterocycles. The zero-order valence-electron chi connectivity index (χ0n) is 12.1. The molecule has 2 aromatic rings. The molecule has 0 fully saturated rings. The van der Waals surface area contributed by atoms with E-state index in [9.17, 15) is 8.78 Å². The number of ether oxygens (including phenoxy) is 1. The van der Waals surface area contributed by atoms with Crippen molar-refractivity contribution in [2.75, 3.05) is 19.1 Å². The van der Waals surface area contributed by atoms with E-state index in [1.807, 2.05) is 24.3 Å². The first-order valence-electron chi connectivity index (χ1n) is 6.57. The molecule has 112 valence electrons. The van der Waals surface area contributed by atoms with Crippen LogP contribution in [0.1, 0.15) is 11.1 Å². The maximum absolute atomic E-state index is 14.1. The Kier molecular flexibility index (Phi) is 4.75. The topological polar surface area (TPSA) is 38.5 Å². The number of benzene rings is 2. The average molecular weight is 292 g/mol. The maximum Gasteiger partial charge on any atom is 0.149 e. The standard InChI is InChI=1S/C16H18F2N2O/c1-20(10-12-5-3-4-6-15(12)21-2)16-13(17)7-11(9-19)8-14(16)18/h3-8H,9-10,19H2,1-2H3. The molecule has 0 bridgehead atoms. The van der Waals surface area contributed by atoms with Gasteiger partial charge >= 0.3 is 0 Å². The highest BCUT2D eigenvalue weighted by Gasteiger charge is 2.16. The van der Waals surface area contributed by atoms with Gasteiger partial charge in [-0.1, -0.05) is 18.2 Å². The van der Waals surface area contributed by atoms with Crippen molar-refractivity contribution < 1.29 is 13.5 Å². The molecule has 0 aliphatic carbocycles. The highest BCUT2D eigenvalue weighted by atomic mass is 19.1. The molecule has 0 unspecified atom stereocenters. The number of anilines is 1. The first-order valence-corrected chi connectivity index (χ1v) is 6.57. The maximum atomic E-state index is 14.1. The number of hydrogen-bond acceptors (Lipinski definition) is 3. The Morgan fingerprint density at radius 1 is 1.14 bits per heavy atom. The van der Waals surface area contributed by atoms with Crippen molar-refractivity contribution in [2.45, 2.75) is 13.1 Å². The summed E-state index contributed by atoms with van der Waals surface area (Å²) in [6.45, 7) is 0.435. The third kappa shape index (κ3) is 3.31. The van der Waals surface area contributed by atoms with E-state index in [2.05, 4.69) is 0 Å². The number of hydrogen-bond donors (Lipinski definition) is 1. The van der Waals surface area contributed by atoms with E-state index < -0.39 is 11.6 Å². The van der Waals surface area contributed by atoms with E-state index in [-0.39, 0.29) is 12.2 Å². The molecule has 2 aromatic carbocycles. The van der Waals surface area contributed by atoms with Gasteiger partial charge in [-0.25, -0.2) is 8.78 Å². The van der Waals surface area contributed by atoms with Crippen molar-refractivity contribution >= 4 is 5.69 Å². The second-order valence-electron chi connectivity index (χ2n) is 4.78. The number of rotatable bonds is 5. The third-order valence-corrected chi connectivity index (χ3v) is 3.29. The molecule has 21 heavy (non-hydrogen) atoms. The normalized spacial score (nSPS) is 10.5. The fourth-order valence-corrected chi connectivity index (χ4v) is 2.27. The number of nitrogens with zero attached hydrogens (tertiary/aromatic N) is 1. The van der Waals surface area contributed by atoms with Crippen LogP contribution < -0.4 is 15.4 Å². The molecule has 0 saturated carbocycles. The Labute approximate surface area is 122 Å². The minimum absolute atomic E-state index is 0.0712. The van der Waals surface area contributed by atoms with Gasteiger partial charge in [0.1, 0.15) is 23.1 Å². The summed E-state index contributed by atoms with van der Waals surface area (Å²) in [4.78, 5) is 1.52. The molecule has 0 atom stereocenters. The lowest BCUT2D eigenvalue weighted by atomic mass is 10.1. The van der Waals surface area contributed by atoms with Crippen LogP contribution >= 0.6 is 0 Å². The Bertz CT molecular complexity index is 608. The summed E-state index contributed by atoms with van der Waals surface area (Å²) in [5, 5.41) is 0. The Morgan fingerprint density at radius 3 is 2.33 bits per heavy atom. The number of para-hydroxylation sites is 1. The second-order valence-corrected chi connectivity index (χ2v) is 4.78. The van der Waals surface area contributed by atoms with Crippen LogP contribution in [0.5, 0.6) is 5.75 Å². The molecular weight excluding hydrogens is 274 g/mol. The quantitative estimate of drug-likeness (QED) is 0.920. The van der Waals surface area contributed by atoms with Gasteiger partial charge in [-0.05, 0) is 23.8 Å². The van der Waals surface area contributed by atoms with Gasteiger partial charge in [-0.15, -0.1) is 0 Å². The summed E-state index contributed by atoms with van der Waals surface area (Å²) in [7, 11) is 3.20. The number of methoxy groups -OCH3 is 1. The van der Waals surface area contributed by atoms with E-state index in [4.69, 9.17) is 10.5 Å². The Morgan fingerprint density at radius 2 is 1.76 bits per heavy atom. The monoisotopic (exact) mass is 292 g/mol. The number of halogens is 2. The molecule has 0 aromatic heterocycles. The molecule has 5 heteroatoms. The van der Waals surface area contributed by atoms with Crippen molar-refractivity contribution in [1.29, 1.82) is 0 Å². The van der Waals surface area contributed by atoms with E-state index >= 15 is 0 Å². The summed E-state index contributed by atoms with van der Waals surface area (Å²) in [5.74, 6) is -0.551. The van der Waals surface area contributed by atoms with Crippen LogP contribution in [0.25, 0.3) is 0 Å². The van der Waals surface area contributed by atoms with Crippen molar-refractivity contribution in [3.63, 3.8) is 0 Å². The molecule has 2 N–H and O–H groups in total. The predicted octanol–water partition coefficient (Wildman–Crippen LogP) is 3.07. The molecule has 2 rings (SSSR count). The van der Waals surface area contributed by atoms with E-state index in [1.54, 1.807) is 14.2 Å². The highest BCUT2D eigenvalue weighted by Crippen LogP contribution is 2.27. The van der Waals surface area contributed by atoms with Gasteiger partial charge in [0.25, 0.3) is 0 Å². The summed E-state index contributed by atoms with van der Waals surface area (Å²) in [5.41, 5.74) is 6.62. The van der Waals surface area contributed by atoms with Gasteiger partial charge in [0.2, 0.25) is 0 Å². The molecule has 0 heterocycles. The van der Waals surface area contributed by atoms with Crippen LogP contribution in [0.15, 0.2) is 36.4 Å². The lowest BCUT2D eigenvalue weighted by Crippen LogP contribution is -2.20. The van der Waals surface area contributed by atoms with Crippen LogP contribution in [-0.4, -0.2) is 14.2 Å². The van der Waals surface area contributed by atoms with Crippen LogP contribution in [0.2, 0.25) is 0 Å². The van der Waals surface area contributed by atoms with Crippen LogP contribution in [0.4, 0.5) is 14.5 Å². The lowest BCUT2D eigenvalue weighted by Gasteiger charge is -2.22. The minimum Gasteiger partial charge on any atom is -0.496 e. The van der Waals surface area contributed by atoms with E-state index in [1.165, 1.54) is 17.0 Å². The van der Waals surface area contributed by atoms with Gasteiger partial charge in [-0.2, -0.15) is 0 Å². The molecule has 0 radical (unpaired) electrons. The van der Waals surface area contributed by atoms with Gasteiger partial charge < -0.3 is 15.4 Å². The van der Waals surface area contributed by atoms with Crippen LogP contribution in [0, 0.1) is 11.6 Å². The Balaban J connectivity index is 2.30. The largest absolute Gasteiger partial charge is 0.496 e. The summed E-state index contributed by atoms with van der Waals surface area (Å²) in [6, 6.07) is 9.90. The third-order valence-electron chi connectivity index (χ3n) is 3.29. The zero-order chi connectivity index (χ0) is 15.4. The molecular formula is C16H18F2N2O. The van der Waals surface area contributed by atoms with Crippen molar-refractivity contribution in [1.82, 2.24) is 0 Å². The first kappa shape index (κ1) is 15.3. The van der Waals surface area contributed by atoms with E-state index in [0.29, 0.717) is 17.9 Å². The van der Waals surface area contributed by atoms with Gasteiger partial charge in [0.15, 0.2) is 0 Å². The predicted molar refractivity (Wildman–Crippen MR) is 79.4 cm³/mol. The fraction of sp³-hybridized carbons (Fsp3) is 0.250. The molecule has 0 spiro atoms. The lowest BCUT2D eigenvalue weighted by molar-refractivity contribution is 0.409. The first-order chi connectivity index (χ1) is 10.1. The number of nitrogens with two attached hydrogens (primary N) is 1. The summed E-state index contributed by atoms with van der Waals surface area (Å²) < 4.78 is 33.4. The van der Waals surface area contributed by atoms with Crippen LogP contribution in [0.3, 0.4) is 0 Å². The highest BCUT2D eigenvalue weighted by molar-refractivity contribution is 5.51. The van der Waals surface area contributed by atoms with Crippen molar-refractivity contribution in [3.05, 3.63) is 59.2 Å². The summed E-state index contributed by atoms with van der Waals surface area (Å²) >= 11 is 0. The Hall–Kier alpha value is -2.14. The van der Waals surface area contributed by atoms with Gasteiger partial charge in [0.05, 0.1) is 7.11 Å². The summed E-state index contributed by atoms with van der Waals surface area (Å²) in [6.07, 6.45) is 0. The average Bonchev–Trinajstić information content (AvgIpc) is 2.46. The molecule has 0 aliphatic rings. The van der Waals surface area contributed by atoms with Crippen molar-refractivity contribution in [3.8, 4) is 5.75 Å². The minimum atomic E-state index is -0.618. The van der Waals surface area contributed by atoms with Gasteiger partial charge in [0, 0.05) is 25.7 Å². The van der Waals surface area contributed by atoms with Crippen molar-refractivity contribution in [2.24, 2.45) is 5.73 Å². The SMILES string of the molecule is COc1ccccc1CN(C)c1c(F)cc(CN)cc1F.